The molecular formula is C16H21NO3. The van der Waals surface area contributed by atoms with E-state index >= 15 is 0 Å². The summed E-state index contributed by atoms with van der Waals surface area (Å²) in [6.45, 7) is 8.02. The predicted molar refractivity (Wildman–Crippen MR) is 77.5 cm³/mol. The lowest BCUT2D eigenvalue weighted by Gasteiger charge is -2.28. The molecule has 1 unspecified atom stereocenters. The van der Waals surface area contributed by atoms with E-state index in [4.69, 9.17) is 15.2 Å². The van der Waals surface area contributed by atoms with Crippen LogP contribution in [0.3, 0.4) is 0 Å². The molecule has 0 spiro atoms. The van der Waals surface area contributed by atoms with Crippen LogP contribution in [0, 0.1) is 5.41 Å². The summed E-state index contributed by atoms with van der Waals surface area (Å²) in [5.74, 6) is -0.179. The van der Waals surface area contributed by atoms with Crippen molar-refractivity contribution in [2.75, 3.05) is 0 Å². The van der Waals surface area contributed by atoms with Crippen LogP contribution in [0.2, 0.25) is 0 Å². The van der Waals surface area contributed by atoms with Crippen LogP contribution < -0.4 is 5.73 Å². The quantitative estimate of drug-likeness (QED) is 0.636. The highest BCUT2D eigenvalue weighted by Gasteiger charge is 2.41. The van der Waals surface area contributed by atoms with Gasteiger partial charge in [-0.15, -0.1) is 0 Å². The second kappa shape index (κ2) is 4.94. The van der Waals surface area contributed by atoms with E-state index in [0.717, 1.165) is 11.3 Å². The molecule has 0 saturated carbocycles. The number of fused-ring (bicyclic) bond motifs is 1. The van der Waals surface area contributed by atoms with Crippen molar-refractivity contribution in [2.45, 2.75) is 39.6 Å². The lowest BCUT2D eigenvalue weighted by Crippen LogP contribution is -2.22. The van der Waals surface area contributed by atoms with Crippen LogP contribution in [0.4, 0.5) is 0 Å². The number of carbonyl (C=O) groups excluding carboxylic acids is 1. The van der Waals surface area contributed by atoms with Crippen molar-refractivity contribution in [3.63, 3.8) is 0 Å². The Balaban J connectivity index is 2.20. The van der Waals surface area contributed by atoms with Crippen molar-refractivity contribution in [2.24, 2.45) is 11.1 Å². The molecule has 2 aliphatic rings. The zero-order valence-electron chi connectivity index (χ0n) is 12.3. The van der Waals surface area contributed by atoms with Crippen LogP contribution in [0.15, 0.2) is 47.8 Å². The molecule has 0 aromatic heterocycles. The Morgan fingerprint density at radius 3 is 2.65 bits per heavy atom. The fourth-order valence-electron chi connectivity index (χ4n) is 2.35. The van der Waals surface area contributed by atoms with E-state index in [1.807, 2.05) is 19.9 Å². The normalized spacial score (nSPS) is 27.1. The van der Waals surface area contributed by atoms with Crippen LogP contribution in [0.1, 0.15) is 27.7 Å². The zero-order valence-corrected chi connectivity index (χ0v) is 12.3. The monoisotopic (exact) mass is 275 g/mol. The number of carbonyl (C=O) groups is 1. The molecule has 2 rings (SSSR count). The molecule has 20 heavy (non-hydrogen) atoms. The van der Waals surface area contributed by atoms with Crippen molar-refractivity contribution in [3.8, 4) is 0 Å². The molecule has 0 bridgehead atoms. The smallest absolute Gasteiger partial charge is 0.241 e. The predicted octanol–water partition coefficient (Wildman–Crippen LogP) is 2.59. The van der Waals surface area contributed by atoms with Gasteiger partial charge in [-0.25, -0.2) is 0 Å². The summed E-state index contributed by atoms with van der Waals surface area (Å²) in [4.78, 5) is 10.6. The molecule has 1 atom stereocenters. The number of rotatable bonds is 3. The highest BCUT2D eigenvalue weighted by atomic mass is 16.7. The van der Waals surface area contributed by atoms with E-state index < -0.39 is 11.7 Å². The van der Waals surface area contributed by atoms with Crippen LogP contribution >= 0.6 is 0 Å². The zero-order chi connectivity index (χ0) is 15.0. The summed E-state index contributed by atoms with van der Waals surface area (Å²) in [5.41, 5.74) is 6.01. The van der Waals surface area contributed by atoms with Gasteiger partial charge in [-0.05, 0) is 17.7 Å². The van der Waals surface area contributed by atoms with Crippen LogP contribution in [-0.2, 0) is 14.3 Å². The summed E-state index contributed by atoms with van der Waals surface area (Å²) in [5, 5.41) is 0. The molecule has 1 saturated heterocycles. The second-order valence-corrected chi connectivity index (χ2v) is 6.05. The lowest BCUT2D eigenvalue weighted by atomic mass is 9.79. The van der Waals surface area contributed by atoms with Crippen molar-refractivity contribution in [1.82, 2.24) is 0 Å². The molecule has 1 heterocycles. The Morgan fingerprint density at radius 2 is 2.00 bits per heavy atom. The minimum atomic E-state index is -0.589. The number of hydrogen-bond donors (Lipinski definition) is 1. The molecule has 1 fully saturated rings. The van der Waals surface area contributed by atoms with Crippen molar-refractivity contribution in [1.29, 1.82) is 0 Å². The average Bonchev–Trinajstić information content (AvgIpc) is 2.56. The maximum absolute atomic E-state index is 10.6. The fourth-order valence-corrected chi connectivity index (χ4v) is 2.35. The van der Waals surface area contributed by atoms with Gasteiger partial charge in [0.05, 0.1) is 0 Å². The van der Waals surface area contributed by atoms with E-state index in [0.29, 0.717) is 0 Å². The topological polar surface area (TPSA) is 61.5 Å². The van der Waals surface area contributed by atoms with Crippen molar-refractivity contribution >= 4 is 5.91 Å². The third kappa shape index (κ3) is 3.20. The van der Waals surface area contributed by atoms with E-state index in [1.165, 1.54) is 6.08 Å². The van der Waals surface area contributed by atoms with E-state index in [-0.39, 0.29) is 11.5 Å². The van der Waals surface area contributed by atoms with Gasteiger partial charge in [0.2, 0.25) is 11.7 Å². The molecule has 108 valence electrons. The average molecular weight is 275 g/mol. The molecule has 1 amide bonds. The molecule has 0 radical (unpaired) electrons. The summed E-state index contributed by atoms with van der Waals surface area (Å²) in [7, 11) is 0. The third-order valence-corrected chi connectivity index (χ3v) is 3.28. The highest BCUT2D eigenvalue weighted by molar-refractivity contribution is 5.86. The summed E-state index contributed by atoms with van der Waals surface area (Å²) in [6.07, 6.45) is 10.7. The molecule has 4 nitrogen and oxygen atoms in total. The standard InChI is InChI=1S/C16H21NO3/c1-15(2)10-13-12(19-16(3,4)20-13)9-11(15)7-5-6-8-14(17)18/h5-10,12H,1-4H3,(H2,17,18)/b7-5+,8-6?. The Morgan fingerprint density at radius 1 is 1.30 bits per heavy atom. The summed E-state index contributed by atoms with van der Waals surface area (Å²) in [6, 6.07) is 0. The molecule has 2 N–H and O–H groups in total. The van der Waals surface area contributed by atoms with Gasteiger partial charge in [0.1, 0.15) is 11.9 Å². The van der Waals surface area contributed by atoms with Crippen LogP contribution in [0.25, 0.3) is 0 Å². The molecule has 1 aliphatic heterocycles. The van der Waals surface area contributed by atoms with Gasteiger partial charge in [0.15, 0.2) is 0 Å². The highest BCUT2D eigenvalue weighted by Crippen LogP contribution is 2.42. The van der Waals surface area contributed by atoms with Gasteiger partial charge >= 0.3 is 0 Å². The number of ether oxygens (including phenoxy) is 2. The lowest BCUT2D eigenvalue weighted by molar-refractivity contribution is -0.126. The van der Waals surface area contributed by atoms with Gasteiger partial charge in [0.25, 0.3) is 0 Å². The first kappa shape index (κ1) is 14.6. The molecular weight excluding hydrogens is 254 g/mol. The Kier molecular flexibility index (Phi) is 3.61. The van der Waals surface area contributed by atoms with Crippen molar-refractivity contribution in [3.05, 3.63) is 47.8 Å². The Labute approximate surface area is 119 Å². The summed E-state index contributed by atoms with van der Waals surface area (Å²) < 4.78 is 11.6. The van der Waals surface area contributed by atoms with E-state index in [9.17, 15) is 4.79 Å². The van der Waals surface area contributed by atoms with Crippen LogP contribution in [-0.4, -0.2) is 17.8 Å². The number of amides is 1. The SMILES string of the molecule is CC1(C)OC2=CC(C)(C)C(/C=C/C=CC(N)=O)=CC2O1. The molecule has 1 aliphatic carbocycles. The Hall–Kier alpha value is -1.81. The molecule has 4 heteroatoms. The Bertz CT molecular complexity index is 536. The fraction of sp³-hybridized carbons (Fsp3) is 0.438. The first-order chi connectivity index (χ1) is 9.20. The number of nitrogens with two attached hydrogens (primary N) is 1. The summed E-state index contributed by atoms with van der Waals surface area (Å²) >= 11 is 0. The largest absolute Gasteiger partial charge is 0.464 e. The third-order valence-electron chi connectivity index (χ3n) is 3.28. The maximum Gasteiger partial charge on any atom is 0.241 e. The first-order valence-corrected chi connectivity index (χ1v) is 6.66. The first-order valence-electron chi connectivity index (χ1n) is 6.66. The number of hydrogen-bond acceptors (Lipinski definition) is 3. The van der Waals surface area contributed by atoms with Crippen LogP contribution in [0.5, 0.6) is 0 Å². The van der Waals surface area contributed by atoms with Crippen molar-refractivity contribution < 1.29 is 14.3 Å². The maximum atomic E-state index is 10.6. The number of allylic oxidation sites excluding steroid dienone is 5. The van der Waals surface area contributed by atoms with E-state index in [1.54, 1.807) is 12.2 Å². The minimum Gasteiger partial charge on any atom is -0.464 e. The molecule has 0 aromatic rings. The van der Waals surface area contributed by atoms with Gasteiger partial charge in [-0.3, -0.25) is 4.79 Å². The van der Waals surface area contributed by atoms with Gasteiger partial charge in [0, 0.05) is 25.3 Å². The second-order valence-electron chi connectivity index (χ2n) is 6.05. The van der Waals surface area contributed by atoms with Gasteiger partial charge in [-0.1, -0.05) is 32.1 Å². The minimum absolute atomic E-state index is 0.141. The number of primary amides is 1. The van der Waals surface area contributed by atoms with Gasteiger partial charge in [-0.2, -0.15) is 0 Å². The van der Waals surface area contributed by atoms with E-state index in [2.05, 4.69) is 26.0 Å². The molecule has 0 aromatic carbocycles. The van der Waals surface area contributed by atoms with Gasteiger partial charge < -0.3 is 15.2 Å².